The van der Waals surface area contributed by atoms with Crippen LogP contribution in [-0.4, -0.2) is 104 Å². The van der Waals surface area contributed by atoms with Crippen molar-refractivity contribution in [3.63, 3.8) is 0 Å². The van der Waals surface area contributed by atoms with E-state index in [4.69, 9.17) is 23.2 Å². The van der Waals surface area contributed by atoms with Crippen LogP contribution in [-0.2, 0) is 14.8 Å². The van der Waals surface area contributed by atoms with E-state index >= 15 is 0 Å². The molecule has 3 amide bonds. The largest absolute Gasteiger partial charge is 0.338 e. The summed E-state index contributed by atoms with van der Waals surface area (Å²) in [7, 11) is -3.49. The number of piperazine rings is 2. The van der Waals surface area contributed by atoms with Crippen LogP contribution in [0.5, 0.6) is 0 Å². The Morgan fingerprint density at radius 3 is 2.26 bits per heavy atom. The maximum atomic E-state index is 13.2. The molecule has 3 rings (SSSR count). The summed E-state index contributed by atoms with van der Waals surface area (Å²) in [6.07, 6.45) is 1.14. The maximum Gasteiger partial charge on any atom is 0.321 e. The van der Waals surface area contributed by atoms with Crippen molar-refractivity contribution in [1.82, 2.24) is 19.0 Å². The third-order valence-corrected chi connectivity index (χ3v) is 7.65. The molecule has 2 saturated heterocycles. The zero-order valence-corrected chi connectivity index (χ0v) is 19.9. The predicted molar refractivity (Wildman–Crippen MR) is 121 cm³/mol. The van der Waals surface area contributed by atoms with E-state index in [2.05, 4.69) is 10.2 Å². The van der Waals surface area contributed by atoms with Gasteiger partial charge in [0, 0.05) is 51.5 Å². The number of sulfonamides is 1. The molecule has 2 fully saturated rings. The fourth-order valence-electron chi connectivity index (χ4n) is 3.83. The number of hydrogen-bond acceptors (Lipinski definition) is 5. The van der Waals surface area contributed by atoms with Gasteiger partial charge in [-0.15, -0.1) is 0 Å². The Morgan fingerprint density at radius 2 is 1.68 bits per heavy atom. The lowest BCUT2D eigenvalue weighted by Gasteiger charge is -2.42. The smallest absolute Gasteiger partial charge is 0.321 e. The Balaban J connectivity index is 1.60. The molecule has 31 heavy (non-hydrogen) atoms. The number of nitrogens with zero attached hydrogens (tertiary/aromatic N) is 4. The number of amides is 3. The van der Waals surface area contributed by atoms with Crippen molar-refractivity contribution >= 4 is 50.9 Å². The molecule has 1 aromatic carbocycles. The summed E-state index contributed by atoms with van der Waals surface area (Å²) >= 11 is 11.9. The van der Waals surface area contributed by atoms with Crippen LogP contribution in [0, 0.1) is 0 Å². The Labute approximate surface area is 192 Å². The number of urea groups is 1. The average Bonchev–Trinajstić information content (AvgIpc) is 2.74. The fourth-order valence-corrected chi connectivity index (χ4v) is 5.16. The highest BCUT2D eigenvalue weighted by Gasteiger charge is 2.40. The molecule has 12 heteroatoms. The van der Waals surface area contributed by atoms with Crippen molar-refractivity contribution in [2.75, 3.05) is 63.9 Å². The Bertz CT molecular complexity index is 937. The minimum Gasteiger partial charge on any atom is -0.338 e. The predicted octanol–water partition coefficient (Wildman–Crippen LogP) is 1.64. The van der Waals surface area contributed by atoms with Gasteiger partial charge in [-0.3, -0.25) is 4.79 Å². The molecule has 0 aliphatic carbocycles. The van der Waals surface area contributed by atoms with Gasteiger partial charge < -0.3 is 20.0 Å². The molecule has 0 spiro atoms. The number of nitrogens with one attached hydrogen (secondary N) is 1. The quantitative estimate of drug-likeness (QED) is 0.690. The topological polar surface area (TPSA) is 93.3 Å². The van der Waals surface area contributed by atoms with E-state index in [0.29, 0.717) is 61.5 Å². The second kappa shape index (κ2) is 9.91. The van der Waals surface area contributed by atoms with Crippen LogP contribution >= 0.6 is 23.2 Å². The molecule has 0 radical (unpaired) electrons. The summed E-state index contributed by atoms with van der Waals surface area (Å²) in [5.41, 5.74) is 0.531. The minimum absolute atomic E-state index is 0.215. The first kappa shape index (κ1) is 24.1. The molecule has 9 nitrogen and oxygen atoms in total. The van der Waals surface area contributed by atoms with Crippen LogP contribution in [0.25, 0.3) is 0 Å². The van der Waals surface area contributed by atoms with E-state index in [0.717, 1.165) is 12.8 Å². The second-order valence-corrected chi connectivity index (χ2v) is 10.4. The van der Waals surface area contributed by atoms with Gasteiger partial charge in [-0.1, -0.05) is 30.1 Å². The number of carbonyl (C=O) groups is 2. The summed E-state index contributed by atoms with van der Waals surface area (Å²) in [6.45, 7) is 5.41. The summed E-state index contributed by atoms with van der Waals surface area (Å²) in [5, 5.41) is 3.52. The van der Waals surface area contributed by atoms with E-state index in [1.165, 1.54) is 4.31 Å². The van der Waals surface area contributed by atoms with Crippen molar-refractivity contribution in [3.05, 3.63) is 28.2 Å². The minimum atomic E-state index is -3.49. The van der Waals surface area contributed by atoms with Crippen molar-refractivity contribution in [2.45, 2.75) is 13.0 Å². The number of carbonyl (C=O) groups excluding carboxylic acids is 2. The highest BCUT2D eigenvalue weighted by molar-refractivity contribution is 7.88. The maximum absolute atomic E-state index is 13.2. The first-order valence-electron chi connectivity index (χ1n) is 10.1. The Hall–Kier alpha value is -1.59. The number of halogens is 2. The molecule has 2 aliphatic rings. The van der Waals surface area contributed by atoms with Gasteiger partial charge in [-0.2, -0.15) is 4.31 Å². The summed E-state index contributed by atoms with van der Waals surface area (Å²) in [4.78, 5) is 31.0. The molecular formula is C19H27Cl2N5O4S. The van der Waals surface area contributed by atoms with Gasteiger partial charge in [0.05, 0.1) is 16.3 Å². The number of anilines is 1. The highest BCUT2D eigenvalue weighted by Crippen LogP contribution is 2.25. The van der Waals surface area contributed by atoms with Crippen molar-refractivity contribution < 1.29 is 18.0 Å². The van der Waals surface area contributed by atoms with Gasteiger partial charge >= 0.3 is 6.03 Å². The van der Waals surface area contributed by atoms with E-state index in [1.807, 2.05) is 6.92 Å². The Morgan fingerprint density at radius 1 is 1.03 bits per heavy atom. The van der Waals surface area contributed by atoms with Gasteiger partial charge in [0.2, 0.25) is 15.9 Å². The van der Waals surface area contributed by atoms with Crippen LogP contribution in [0.15, 0.2) is 18.2 Å². The van der Waals surface area contributed by atoms with Gasteiger partial charge in [0.1, 0.15) is 6.04 Å². The third kappa shape index (κ3) is 5.81. The zero-order valence-electron chi connectivity index (χ0n) is 17.6. The molecule has 1 atom stereocenters. The molecule has 172 valence electrons. The van der Waals surface area contributed by atoms with Gasteiger partial charge in [0.15, 0.2) is 0 Å². The van der Waals surface area contributed by atoms with Crippen LogP contribution in [0.3, 0.4) is 0 Å². The average molecular weight is 492 g/mol. The van der Waals surface area contributed by atoms with Crippen LogP contribution in [0.4, 0.5) is 10.5 Å². The monoisotopic (exact) mass is 491 g/mol. The van der Waals surface area contributed by atoms with Gasteiger partial charge in [0.25, 0.3) is 0 Å². The number of rotatable bonds is 4. The van der Waals surface area contributed by atoms with Gasteiger partial charge in [-0.05, 0) is 24.7 Å². The molecular weight excluding hydrogens is 465 g/mol. The lowest BCUT2D eigenvalue weighted by atomic mass is 10.1. The highest BCUT2D eigenvalue weighted by atomic mass is 35.5. The normalized spacial score (nSPS) is 21.2. The molecule has 0 bridgehead atoms. The van der Waals surface area contributed by atoms with Gasteiger partial charge in [-0.25, -0.2) is 13.2 Å². The first-order chi connectivity index (χ1) is 14.6. The molecule has 0 saturated carbocycles. The zero-order chi connectivity index (χ0) is 22.8. The standard InChI is InChI=1S/C19H27Cl2N5O4S/c1-3-23-6-11-26(31(2,29)30)17(13-23)18(27)24-7-9-25(10-8-24)19(28)22-14-4-5-15(20)16(21)12-14/h4-5,12,17H,3,6-11,13H2,1-2H3,(H,22,28)/t17-/m1/s1. The first-order valence-corrected chi connectivity index (χ1v) is 12.7. The summed E-state index contributed by atoms with van der Waals surface area (Å²) in [5.74, 6) is -0.215. The van der Waals surface area contributed by atoms with Crippen molar-refractivity contribution in [3.8, 4) is 0 Å². The lowest BCUT2D eigenvalue weighted by molar-refractivity contribution is -0.138. The van der Waals surface area contributed by atoms with Crippen molar-refractivity contribution in [1.29, 1.82) is 0 Å². The van der Waals surface area contributed by atoms with Crippen LogP contribution < -0.4 is 5.32 Å². The summed E-state index contributed by atoms with van der Waals surface area (Å²) < 4.78 is 25.7. The molecule has 2 heterocycles. The third-order valence-electron chi connectivity index (χ3n) is 5.62. The molecule has 1 aromatic rings. The van der Waals surface area contributed by atoms with E-state index < -0.39 is 16.1 Å². The number of hydrogen-bond donors (Lipinski definition) is 1. The van der Waals surface area contributed by atoms with E-state index in [-0.39, 0.29) is 11.9 Å². The number of likely N-dealkylation sites (N-methyl/N-ethyl adjacent to an activating group) is 1. The van der Waals surface area contributed by atoms with Crippen LogP contribution in [0.2, 0.25) is 10.0 Å². The SMILES string of the molecule is CCN1CCN(S(C)(=O)=O)[C@@H](C(=O)N2CCN(C(=O)Nc3ccc(Cl)c(Cl)c3)CC2)C1. The number of benzene rings is 1. The fraction of sp³-hybridized carbons (Fsp3) is 0.579. The Kier molecular flexibility index (Phi) is 7.69. The van der Waals surface area contributed by atoms with Crippen molar-refractivity contribution in [2.24, 2.45) is 0 Å². The van der Waals surface area contributed by atoms with E-state index in [1.54, 1.807) is 28.0 Å². The molecule has 0 aromatic heterocycles. The molecule has 0 unspecified atom stereocenters. The lowest BCUT2D eigenvalue weighted by Crippen LogP contribution is -2.62. The van der Waals surface area contributed by atoms with E-state index in [9.17, 15) is 18.0 Å². The molecule has 2 aliphatic heterocycles. The summed E-state index contributed by atoms with van der Waals surface area (Å²) in [6, 6.07) is 3.81. The second-order valence-electron chi connectivity index (χ2n) is 7.65. The van der Waals surface area contributed by atoms with Crippen LogP contribution in [0.1, 0.15) is 6.92 Å². The molecule has 1 N–H and O–H groups in total.